The number of nitrogens with zero attached hydrogens (tertiary/aromatic N) is 2. The molecule has 0 aromatic carbocycles. The fraction of sp³-hybridized carbons (Fsp3) is 0.688. The summed E-state index contributed by atoms with van der Waals surface area (Å²) in [7, 11) is 0. The van der Waals surface area contributed by atoms with Crippen molar-refractivity contribution in [3.05, 3.63) is 22.4 Å². The summed E-state index contributed by atoms with van der Waals surface area (Å²) in [6, 6.07) is 4.34. The van der Waals surface area contributed by atoms with E-state index in [-0.39, 0.29) is 24.2 Å². The van der Waals surface area contributed by atoms with Crippen LogP contribution in [0.3, 0.4) is 0 Å². The van der Waals surface area contributed by atoms with Crippen molar-refractivity contribution in [3.8, 4) is 0 Å². The number of carbonyl (C=O) groups is 1. The molecule has 1 aromatic heterocycles. The Morgan fingerprint density at radius 2 is 2.10 bits per heavy atom. The second kappa shape index (κ2) is 7.38. The van der Waals surface area contributed by atoms with Crippen molar-refractivity contribution in [2.75, 3.05) is 19.6 Å². The lowest BCUT2D eigenvalue weighted by molar-refractivity contribution is -0.132. The highest BCUT2D eigenvalue weighted by molar-refractivity contribution is 7.10. The number of likely N-dealkylation sites (N-methyl/N-ethyl adjacent to an activating group) is 1. The lowest BCUT2D eigenvalue weighted by Gasteiger charge is -2.33. The normalized spacial score (nSPS) is 24.0. The number of hydrogen-bond donors (Lipinski definition) is 1. The van der Waals surface area contributed by atoms with Crippen molar-refractivity contribution in [1.29, 1.82) is 0 Å². The van der Waals surface area contributed by atoms with Crippen LogP contribution in [0.5, 0.6) is 0 Å². The molecule has 0 spiro atoms. The minimum absolute atomic E-state index is 0.0352. The van der Waals surface area contributed by atoms with E-state index in [0.29, 0.717) is 0 Å². The van der Waals surface area contributed by atoms with Gasteiger partial charge in [0.1, 0.15) is 6.17 Å². The Hall–Kier alpha value is -0.910. The molecular weight excluding hydrogens is 282 g/mol. The zero-order valence-corrected chi connectivity index (χ0v) is 14.3. The summed E-state index contributed by atoms with van der Waals surface area (Å²) in [6.45, 7) is 11.6. The lowest BCUT2D eigenvalue weighted by Crippen LogP contribution is -2.45. The highest BCUT2D eigenvalue weighted by atomic mass is 32.1. The molecule has 1 aliphatic rings. The van der Waals surface area contributed by atoms with Crippen LogP contribution in [0.1, 0.15) is 45.2 Å². The summed E-state index contributed by atoms with van der Waals surface area (Å²) in [5, 5.41) is 5.58. The maximum Gasteiger partial charge on any atom is 0.241 e. The van der Waals surface area contributed by atoms with Gasteiger partial charge in [-0.15, -0.1) is 11.3 Å². The SMILES string of the molecule is CCC1NC(c2cccs2)N(C(C)CN(CC)CC)C1=O. The van der Waals surface area contributed by atoms with E-state index in [1.807, 2.05) is 0 Å². The van der Waals surface area contributed by atoms with E-state index >= 15 is 0 Å². The molecule has 3 atom stereocenters. The Balaban J connectivity index is 2.17. The molecule has 118 valence electrons. The van der Waals surface area contributed by atoms with E-state index in [0.717, 1.165) is 26.1 Å². The van der Waals surface area contributed by atoms with Crippen molar-refractivity contribution in [2.45, 2.75) is 52.4 Å². The van der Waals surface area contributed by atoms with Crippen LogP contribution in [0.25, 0.3) is 0 Å². The molecule has 5 heteroatoms. The molecule has 1 N–H and O–H groups in total. The molecule has 1 fully saturated rings. The molecule has 4 nitrogen and oxygen atoms in total. The van der Waals surface area contributed by atoms with E-state index in [9.17, 15) is 4.79 Å². The van der Waals surface area contributed by atoms with E-state index in [1.54, 1.807) is 11.3 Å². The van der Waals surface area contributed by atoms with Gasteiger partial charge in [0.25, 0.3) is 0 Å². The zero-order chi connectivity index (χ0) is 15.4. The van der Waals surface area contributed by atoms with E-state index in [1.165, 1.54) is 4.88 Å². The molecule has 1 aromatic rings. The Morgan fingerprint density at radius 1 is 1.38 bits per heavy atom. The van der Waals surface area contributed by atoms with Crippen LogP contribution in [0.15, 0.2) is 17.5 Å². The van der Waals surface area contributed by atoms with Crippen LogP contribution in [0.2, 0.25) is 0 Å². The quantitative estimate of drug-likeness (QED) is 0.841. The second-order valence-electron chi connectivity index (χ2n) is 5.63. The van der Waals surface area contributed by atoms with E-state index < -0.39 is 0 Å². The van der Waals surface area contributed by atoms with Gasteiger partial charge in [-0.3, -0.25) is 10.1 Å². The molecule has 0 saturated carbocycles. The Labute approximate surface area is 132 Å². The first-order chi connectivity index (χ1) is 10.1. The van der Waals surface area contributed by atoms with Crippen LogP contribution in [0.4, 0.5) is 0 Å². The smallest absolute Gasteiger partial charge is 0.241 e. The van der Waals surface area contributed by atoms with Crippen molar-refractivity contribution >= 4 is 17.2 Å². The Morgan fingerprint density at radius 3 is 2.62 bits per heavy atom. The van der Waals surface area contributed by atoms with Gasteiger partial charge in [-0.1, -0.05) is 26.8 Å². The Kier molecular flexibility index (Phi) is 5.79. The van der Waals surface area contributed by atoms with Gasteiger partial charge in [0.15, 0.2) is 0 Å². The minimum atomic E-state index is -0.0451. The van der Waals surface area contributed by atoms with Crippen LogP contribution in [-0.2, 0) is 4.79 Å². The van der Waals surface area contributed by atoms with Crippen molar-refractivity contribution in [3.63, 3.8) is 0 Å². The molecule has 1 amide bonds. The first kappa shape index (κ1) is 16.5. The van der Waals surface area contributed by atoms with Gasteiger partial charge in [0.05, 0.1) is 6.04 Å². The predicted octanol–water partition coefficient (Wildman–Crippen LogP) is 2.69. The number of nitrogens with one attached hydrogen (secondary N) is 1. The average Bonchev–Trinajstić information content (AvgIpc) is 3.11. The standard InChI is InChI=1S/C16H27N3OS/c1-5-13-16(20)19(12(4)11-18(6-2)7-3)15(17-13)14-9-8-10-21-14/h8-10,12-13,15,17H,5-7,11H2,1-4H3. The third-order valence-electron chi connectivity index (χ3n) is 4.30. The molecule has 0 bridgehead atoms. The average molecular weight is 309 g/mol. The van der Waals surface area contributed by atoms with Gasteiger partial charge >= 0.3 is 0 Å². The van der Waals surface area contributed by atoms with Gasteiger partial charge in [0.2, 0.25) is 5.91 Å². The van der Waals surface area contributed by atoms with Crippen molar-refractivity contribution in [1.82, 2.24) is 15.1 Å². The number of carbonyl (C=O) groups excluding carboxylic acids is 1. The van der Waals surface area contributed by atoms with Gasteiger partial charge in [0, 0.05) is 17.5 Å². The highest BCUT2D eigenvalue weighted by Crippen LogP contribution is 2.31. The molecule has 1 saturated heterocycles. The summed E-state index contributed by atoms with van der Waals surface area (Å²) in [6.07, 6.45) is 0.878. The van der Waals surface area contributed by atoms with Crippen molar-refractivity contribution < 1.29 is 4.79 Å². The van der Waals surface area contributed by atoms with E-state index in [4.69, 9.17) is 0 Å². The van der Waals surface area contributed by atoms with E-state index in [2.05, 4.69) is 60.3 Å². The van der Waals surface area contributed by atoms with Gasteiger partial charge in [-0.25, -0.2) is 0 Å². The maximum atomic E-state index is 12.7. The monoisotopic (exact) mass is 309 g/mol. The highest BCUT2D eigenvalue weighted by Gasteiger charge is 2.41. The van der Waals surface area contributed by atoms with Crippen LogP contribution in [0, 0.1) is 0 Å². The topological polar surface area (TPSA) is 35.6 Å². The van der Waals surface area contributed by atoms with Crippen LogP contribution >= 0.6 is 11.3 Å². The predicted molar refractivity (Wildman–Crippen MR) is 88.4 cm³/mol. The number of rotatable bonds is 7. The summed E-state index contributed by atoms with van der Waals surface area (Å²) in [4.78, 5) is 18.4. The molecule has 3 unspecified atom stereocenters. The number of amides is 1. The maximum absolute atomic E-state index is 12.7. The molecule has 2 heterocycles. The molecule has 1 aliphatic heterocycles. The second-order valence-corrected chi connectivity index (χ2v) is 6.61. The molecular formula is C16H27N3OS. The lowest BCUT2D eigenvalue weighted by atomic mass is 10.2. The van der Waals surface area contributed by atoms with Crippen LogP contribution < -0.4 is 5.32 Å². The summed E-state index contributed by atoms with van der Waals surface area (Å²) >= 11 is 1.72. The van der Waals surface area contributed by atoms with Crippen LogP contribution in [-0.4, -0.2) is 47.4 Å². The fourth-order valence-electron chi connectivity index (χ4n) is 3.02. The van der Waals surface area contributed by atoms with Gasteiger partial charge in [-0.05, 0) is 37.9 Å². The van der Waals surface area contributed by atoms with Crippen molar-refractivity contribution in [2.24, 2.45) is 0 Å². The minimum Gasteiger partial charge on any atom is -0.317 e. The zero-order valence-electron chi connectivity index (χ0n) is 13.5. The number of thiophene rings is 1. The third kappa shape index (κ3) is 3.47. The Bertz CT molecular complexity index is 444. The summed E-state index contributed by atoms with van der Waals surface area (Å²) in [5.41, 5.74) is 0. The van der Waals surface area contributed by atoms with Gasteiger partial charge in [-0.2, -0.15) is 0 Å². The molecule has 2 rings (SSSR count). The van der Waals surface area contributed by atoms with Gasteiger partial charge < -0.3 is 9.80 Å². The molecule has 21 heavy (non-hydrogen) atoms. The molecule has 0 radical (unpaired) electrons. The number of hydrogen-bond acceptors (Lipinski definition) is 4. The summed E-state index contributed by atoms with van der Waals surface area (Å²) < 4.78 is 0. The first-order valence-corrected chi connectivity index (χ1v) is 8.84. The summed E-state index contributed by atoms with van der Waals surface area (Å²) in [5.74, 6) is 0.246. The molecule has 0 aliphatic carbocycles. The largest absolute Gasteiger partial charge is 0.317 e. The third-order valence-corrected chi connectivity index (χ3v) is 5.23. The fourth-order valence-corrected chi connectivity index (χ4v) is 3.80. The first-order valence-electron chi connectivity index (χ1n) is 7.96.